The van der Waals surface area contributed by atoms with E-state index >= 15 is 0 Å². The summed E-state index contributed by atoms with van der Waals surface area (Å²) in [6, 6.07) is 16.2. The van der Waals surface area contributed by atoms with Gasteiger partial charge in [-0.2, -0.15) is 0 Å². The molecule has 1 fully saturated rings. The maximum atomic E-state index is 14.9. The molecule has 3 aromatic rings. The fourth-order valence-corrected chi connectivity index (χ4v) is 7.03. The van der Waals surface area contributed by atoms with Crippen LogP contribution < -0.4 is 14.8 Å². The summed E-state index contributed by atoms with van der Waals surface area (Å²) in [6.07, 6.45) is 5.48. The van der Waals surface area contributed by atoms with E-state index < -0.39 is 5.82 Å². The fraction of sp³-hybridized carbons (Fsp3) is 0.472. The third-order valence-corrected chi connectivity index (χ3v) is 9.37. The van der Waals surface area contributed by atoms with Gasteiger partial charge in [0.05, 0.1) is 6.54 Å². The fourth-order valence-electron chi connectivity index (χ4n) is 6.77. The van der Waals surface area contributed by atoms with Crippen molar-refractivity contribution in [3.63, 3.8) is 0 Å². The first kappa shape index (κ1) is 32.3. The van der Waals surface area contributed by atoms with Crippen LogP contribution in [0.25, 0.3) is 0 Å². The molecule has 5 rings (SSSR count). The van der Waals surface area contributed by atoms with Crippen LogP contribution >= 0.6 is 11.6 Å². The van der Waals surface area contributed by atoms with Gasteiger partial charge in [0.1, 0.15) is 0 Å². The Morgan fingerprint density at radius 2 is 1.80 bits per heavy atom. The van der Waals surface area contributed by atoms with Crippen LogP contribution in [0, 0.1) is 5.82 Å². The lowest BCUT2D eigenvalue weighted by molar-refractivity contribution is -0.117. The molecule has 1 N–H and O–H groups in total. The van der Waals surface area contributed by atoms with Gasteiger partial charge in [0.2, 0.25) is 18.4 Å². The number of nitrogens with zero attached hydrogens (tertiary/aromatic N) is 1. The Labute approximate surface area is 265 Å². The minimum atomic E-state index is -0.409. The summed E-state index contributed by atoms with van der Waals surface area (Å²) in [4.78, 5) is 15.9. The molecule has 0 saturated carbocycles. The standard InChI is InChI=1S/C36H44ClFN2O4/c1-5-23(9-8-14-42-4)26-10-12-27(13-11-26)32-18-29(28-17-31(38)36-33(19-28)43-22-44-36)20-40(32)21-34(41)39-35-24(6-2)15-30(37)16-25(35)7-3/h10-13,15-17,19,23,29,32H,5-9,14,18,20-22H2,1-4H3,(H,39,41). The van der Waals surface area contributed by atoms with Crippen LogP contribution in [0.1, 0.15) is 92.1 Å². The number of benzene rings is 3. The number of hydrogen-bond acceptors (Lipinski definition) is 5. The van der Waals surface area contributed by atoms with E-state index in [1.165, 1.54) is 5.56 Å². The summed E-state index contributed by atoms with van der Waals surface area (Å²) in [5.41, 5.74) is 6.26. The van der Waals surface area contributed by atoms with Gasteiger partial charge in [-0.1, -0.05) is 56.6 Å². The molecule has 2 aliphatic heterocycles. The number of likely N-dealkylation sites (tertiary alicyclic amines) is 1. The monoisotopic (exact) mass is 622 g/mol. The number of carbonyl (C=O) groups is 1. The molecule has 0 radical (unpaired) electrons. The van der Waals surface area contributed by atoms with Gasteiger partial charge in [-0.15, -0.1) is 0 Å². The van der Waals surface area contributed by atoms with Crippen LogP contribution in [0.5, 0.6) is 11.5 Å². The lowest BCUT2D eigenvalue weighted by Gasteiger charge is -2.25. The molecule has 0 bridgehead atoms. The minimum Gasteiger partial charge on any atom is -0.453 e. The van der Waals surface area contributed by atoms with E-state index in [1.54, 1.807) is 13.2 Å². The van der Waals surface area contributed by atoms with E-state index in [-0.39, 0.29) is 37.0 Å². The predicted octanol–water partition coefficient (Wildman–Crippen LogP) is 8.42. The Morgan fingerprint density at radius 3 is 2.45 bits per heavy atom. The molecule has 44 heavy (non-hydrogen) atoms. The molecule has 0 aliphatic carbocycles. The Balaban J connectivity index is 1.39. The van der Waals surface area contributed by atoms with E-state index in [4.69, 9.17) is 25.8 Å². The maximum absolute atomic E-state index is 14.9. The number of fused-ring (bicyclic) bond motifs is 1. The second-order valence-corrected chi connectivity index (χ2v) is 12.3. The number of ether oxygens (including phenoxy) is 3. The van der Waals surface area contributed by atoms with Gasteiger partial charge in [-0.05, 0) is 102 Å². The molecule has 3 aromatic carbocycles. The van der Waals surface area contributed by atoms with Crippen molar-refractivity contribution in [3.8, 4) is 11.5 Å². The van der Waals surface area contributed by atoms with Crippen molar-refractivity contribution in [2.24, 2.45) is 0 Å². The SMILES string of the molecule is CCc1cc(Cl)cc(CC)c1NC(=O)CN1CC(c2cc(F)c3c(c2)OCO3)CC1c1ccc(C(CC)CCCOC)cc1. The topological polar surface area (TPSA) is 60.0 Å². The van der Waals surface area contributed by atoms with Gasteiger partial charge in [0, 0.05) is 37.0 Å². The molecule has 236 valence electrons. The van der Waals surface area contributed by atoms with Gasteiger partial charge < -0.3 is 19.5 Å². The lowest BCUT2D eigenvalue weighted by Crippen LogP contribution is -2.33. The Morgan fingerprint density at radius 1 is 1.07 bits per heavy atom. The number of anilines is 1. The van der Waals surface area contributed by atoms with Crippen LogP contribution in [-0.4, -0.2) is 44.4 Å². The Hall–Kier alpha value is -3.13. The molecular formula is C36H44ClFN2O4. The van der Waals surface area contributed by atoms with E-state index in [9.17, 15) is 9.18 Å². The third-order valence-electron chi connectivity index (χ3n) is 9.15. The zero-order valence-corrected chi connectivity index (χ0v) is 27.0. The molecule has 1 saturated heterocycles. The molecule has 0 spiro atoms. The predicted molar refractivity (Wildman–Crippen MR) is 174 cm³/mol. The number of aryl methyl sites for hydroxylation is 2. The third kappa shape index (κ3) is 7.22. The maximum Gasteiger partial charge on any atom is 0.238 e. The van der Waals surface area contributed by atoms with Crippen molar-refractivity contribution < 1.29 is 23.4 Å². The number of amides is 1. The molecular weight excluding hydrogens is 579 g/mol. The average Bonchev–Trinajstić information content (AvgIpc) is 3.68. The van der Waals surface area contributed by atoms with Crippen molar-refractivity contribution >= 4 is 23.2 Å². The van der Waals surface area contributed by atoms with Crippen molar-refractivity contribution in [2.45, 2.75) is 77.2 Å². The first-order valence-corrected chi connectivity index (χ1v) is 16.3. The number of nitrogens with one attached hydrogen (secondary N) is 1. The van der Waals surface area contributed by atoms with Crippen molar-refractivity contribution in [3.05, 3.63) is 87.2 Å². The van der Waals surface area contributed by atoms with Gasteiger partial charge in [-0.3, -0.25) is 9.69 Å². The smallest absolute Gasteiger partial charge is 0.238 e. The number of rotatable bonds is 13. The molecule has 8 heteroatoms. The second-order valence-electron chi connectivity index (χ2n) is 11.9. The summed E-state index contributed by atoms with van der Waals surface area (Å²) in [5.74, 6) is 0.648. The van der Waals surface area contributed by atoms with Crippen LogP contribution in [0.4, 0.5) is 10.1 Å². The molecule has 2 aliphatic rings. The number of carbonyl (C=O) groups excluding carboxylic acids is 1. The summed E-state index contributed by atoms with van der Waals surface area (Å²) < 4.78 is 31.0. The van der Waals surface area contributed by atoms with Gasteiger partial charge >= 0.3 is 0 Å². The van der Waals surface area contributed by atoms with Crippen LogP contribution in [0.3, 0.4) is 0 Å². The van der Waals surface area contributed by atoms with Crippen molar-refractivity contribution in [1.29, 1.82) is 0 Å². The van der Waals surface area contributed by atoms with Crippen molar-refractivity contribution in [1.82, 2.24) is 4.90 Å². The lowest BCUT2D eigenvalue weighted by atomic mass is 9.89. The molecule has 2 heterocycles. The second kappa shape index (κ2) is 14.8. The largest absolute Gasteiger partial charge is 0.453 e. The highest BCUT2D eigenvalue weighted by molar-refractivity contribution is 6.30. The average molecular weight is 623 g/mol. The number of hydrogen-bond donors (Lipinski definition) is 1. The van der Waals surface area contributed by atoms with E-state index in [0.717, 1.165) is 73.1 Å². The highest BCUT2D eigenvalue weighted by Crippen LogP contribution is 2.44. The Kier molecular flexibility index (Phi) is 10.8. The van der Waals surface area contributed by atoms with Gasteiger partial charge in [-0.25, -0.2) is 4.39 Å². The van der Waals surface area contributed by atoms with Crippen LogP contribution in [-0.2, 0) is 22.4 Å². The van der Waals surface area contributed by atoms with Crippen molar-refractivity contribution in [2.75, 3.05) is 38.9 Å². The first-order chi connectivity index (χ1) is 21.3. The number of halogens is 2. The summed E-state index contributed by atoms with van der Waals surface area (Å²) in [7, 11) is 1.75. The molecule has 3 unspecified atom stereocenters. The summed E-state index contributed by atoms with van der Waals surface area (Å²) >= 11 is 6.36. The molecule has 6 nitrogen and oxygen atoms in total. The van der Waals surface area contributed by atoms with Gasteiger partial charge in [0.25, 0.3) is 0 Å². The highest BCUT2D eigenvalue weighted by Gasteiger charge is 2.36. The zero-order valence-electron chi connectivity index (χ0n) is 26.3. The number of methoxy groups -OCH3 is 1. The quantitative estimate of drug-likeness (QED) is 0.194. The Bertz CT molecular complexity index is 1420. The zero-order chi connectivity index (χ0) is 31.2. The van der Waals surface area contributed by atoms with E-state index in [0.29, 0.717) is 23.2 Å². The van der Waals surface area contributed by atoms with Crippen LogP contribution in [0.15, 0.2) is 48.5 Å². The normalized spacial score (nSPS) is 18.5. The molecule has 1 amide bonds. The van der Waals surface area contributed by atoms with Gasteiger partial charge in [0.15, 0.2) is 11.6 Å². The summed E-state index contributed by atoms with van der Waals surface area (Å²) in [6.45, 7) is 8.00. The van der Waals surface area contributed by atoms with E-state index in [2.05, 4.69) is 55.3 Å². The molecule has 0 aromatic heterocycles. The molecule has 3 atom stereocenters. The van der Waals surface area contributed by atoms with Crippen LogP contribution in [0.2, 0.25) is 5.02 Å². The first-order valence-electron chi connectivity index (χ1n) is 15.9. The van der Waals surface area contributed by atoms with E-state index in [1.807, 2.05) is 18.2 Å². The summed E-state index contributed by atoms with van der Waals surface area (Å²) in [5, 5.41) is 3.90. The minimum absolute atomic E-state index is 0.00311. The highest BCUT2D eigenvalue weighted by atomic mass is 35.5.